The van der Waals surface area contributed by atoms with Crippen molar-refractivity contribution in [3.05, 3.63) is 17.8 Å². The van der Waals surface area contributed by atoms with Crippen LogP contribution in [-0.4, -0.2) is 10.2 Å². The third-order valence-electron chi connectivity index (χ3n) is 3.17. The summed E-state index contributed by atoms with van der Waals surface area (Å²) in [6.07, 6.45) is 6.73. The van der Waals surface area contributed by atoms with Crippen molar-refractivity contribution in [2.24, 2.45) is 5.92 Å². The molecule has 1 aromatic rings. The van der Waals surface area contributed by atoms with E-state index in [4.69, 9.17) is 11.0 Å². The number of nitrogen functional groups attached to an aromatic ring is 1. The van der Waals surface area contributed by atoms with E-state index < -0.39 is 0 Å². The SMILES string of the molecule is CC1CCCC(Sc2ncc(C#N)cc2N)C1. The van der Waals surface area contributed by atoms with Crippen molar-refractivity contribution < 1.29 is 0 Å². The molecule has 2 atom stereocenters. The smallest absolute Gasteiger partial charge is 0.119 e. The van der Waals surface area contributed by atoms with Crippen molar-refractivity contribution >= 4 is 17.4 Å². The second-order valence-corrected chi connectivity index (χ2v) is 6.03. The van der Waals surface area contributed by atoms with E-state index in [1.165, 1.54) is 25.7 Å². The Labute approximate surface area is 106 Å². The fourth-order valence-corrected chi connectivity index (χ4v) is 3.61. The topological polar surface area (TPSA) is 62.7 Å². The van der Waals surface area contributed by atoms with Crippen molar-refractivity contribution in [1.29, 1.82) is 5.26 Å². The third-order valence-corrected chi connectivity index (χ3v) is 4.50. The molecule has 2 unspecified atom stereocenters. The molecule has 1 fully saturated rings. The Morgan fingerprint density at radius 1 is 1.53 bits per heavy atom. The van der Waals surface area contributed by atoms with Crippen LogP contribution in [0.5, 0.6) is 0 Å². The number of nitrogens with zero attached hydrogens (tertiary/aromatic N) is 2. The summed E-state index contributed by atoms with van der Waals surface area (Å²) in [6, 6.07) is 3.76. The lowest BCUT2D eigenvalue weighted by Gasteiger charge is -2.26. The van der Waals surface area contributed by atoms with Crippen LogP contribution in [0.1, 0.15) is 38.2 Å². The molecule has 3 nitrogen and oxygen atoms in total. The van der Waals surface area contributed by atoms with Crippen LogP contribution in [-0.2, 0) is 0 Å². The molecule has 1 saturated carbocycles. The van der Waals surface area contributed by atoms with Crippen LogP contribution in [0.3, 0.4) is 0 Å². The van der Waals surface area contributed by atoms with Gasteiger partial charge in [0.2, 0.25) is 0 Å². The highest BCUT2D eigenvalue weighted by atomic mass is 32.2. The molecule has 1 aliphatic rings. The number of rotatable bonds is 2. The van der Waals surface area contributed by atoms with Gasteiger partial charge in [-0.2, -0.15) is 5.26 Å². The summed E-state index contributed by atoms with van der Waals surface area (Å²) in [5, 5.41) is 10.3. The molecule has 1 aromatic heterocycles. The zero-order valence-electron chi connectivity index (χ0n) is 10.0. The van der Waals surface area contributed by atoms with E-state index in [0.29, 0.717) is 16.5 Å². The maximum atomic E-state index is 8.76. The minimum atomic E-state index is 0.531. The summed E-state index contributed by atoms with van der Waals surface area (Å²) in [5.74, 6) is 0.806. The number of hydrogen-bond donors (Lipinski definition) is 1. The molecule has 1 aliphatic carbocycles. The molecule has 0 amide bonds. The minimum Gasteiger partial charge on any atom is -0.397 e. The maximum Gasteiger partial charge on any atom is 0.119 e. The minimum absolute atomic E-state index is 0.531. The van der Waals surface area contributed by atoms with Crippen molar-refractivity contribution in [3.8, 4) is 6.07 Å². The van der Waals surface area contributed by atoms with Gasteiger partial charge in [0.15, 0.2) is 0 Å². The first-order valence-electron chi connectivity index (χ1n) is 6.01. The molecule has 0 radical (unpaired) electrons. The van der Waals surface area contributed by atoms with Gasteiger partial charge >= 0.3 is 0 Å². The first kappa shape index (κ1) is 12.3. The van der Waals surface area contributed by atoms with E-state index in [2.05, 4.69) is 18.0 Å². The standard InChI is InChI=1S/C13H17N3S/c1-9-3-2-4-11(5-9)17-13-12(15)6-10(7-14)8-16-13/h6,8-9,11H,2-5,15H2,1H3. The summed E-state index contributed by atoms with van der Waals surface area (Å²) >= 11 is 1.77. The molecule has 0 aliphatic heterocycles. The lowest BCUT2D eigenvalue weighted by Crippen LogP contribution is -2.15. The van der Waals surface area contributed by atoms with Gasteiger partial charge in [0.1, 0.15) is 11.1 Å². The Kier molecular flexibility index (Phi) is 3.90. The largest absolute Gasteiger partial charge is 0.397 e. The van der Waals surface area contributed by atoms with Gasteiger partial charge in [-0.15, -0.1) is 11.8 Å². The molecule has 0 spiro atoms. The third kappa shape index (κ3) is 3.13. The van der Waals surface area contributed by atoms with Gasteiger partial charge < -0.3 is 5.73 Å². The number of thioether (sulfide) groups is 1. The second-order valence-electron chi connectivity index (χ2n) is 4.74. The molecular formula is C13H17N3S. The average molecular weight is 247 g/mol. The molecule has 4 heteroatoms. The Morgan fingerprint density at radius 2 is 2.35 bits per heavy atom. The number of aromatic nitrogens is 1. The van der Waals surface area contributed by atoms with E-state index in [-0.39, 0.29) is 0 Å². The van der Waals surface area contributed by atoms with Crippen molar-refractivity contribution in [3.63, 3.8) is 0 Å². The summed E-state index contributed by atoms with van der Waals surface area (Å²) in [4.78, 5) is 4.28. The lowest BCUT2D eigenvalue weighted by molar-refractivity contribution is 0.394. The number of pyridine rings is 1. The second kappa shape index (κ2) is 5.42. The van der Waals surface area contributed by atoms with Gasteiger partial charge in [0, 0.05) is 11.4 Å². The molecule has 90 valence electrons. The van der Waals surface area contributed by atoms with Crippen molar-refractivity contribution in [2.75, 3.05) is 5.73 Å². The molecule has 2 rings (SSSR count). The van der Waals surface area contributed by atoms with Gasteiger partial charge in [-0.25, -0.2) is 4.98 Å². The van der Waals surface area contributed by atoms with Crippen LogP contribution in [0, 0.1) is 17.2 Å². The highest BCUT2D eigenvalue weighted by molar-refractivity contribution is 8.00. The number of nitriles is 1. The van der Waals surface area contributed by atoms with Crippen LogP contribution in [0.2, 0.25) is 0 Å². The molecule has 17 heavy (non-hydrogen) atoms. The van der Waals surface area contributed by atoms with E-state index in [1.54, 1.807) is 24.0 Å². The number of hydrogen-bond acceptors (Lipinski definition) is 4. The van der Waals surface area contributed by atoms with Gasteiger partial charge in [-0.1, -0.05) is 19.8 Å². The van der Waals surface area contributed by atoms with E-state index in [9.17, 15) is 0 Å². The fraction of sp³-hybridized carbons (Fsp3) is 0.538. The highest BCUT2D eigenvalue weighted by Gasteiger charge is 2.21. The quantitative estimate of drug-likeness (QED) is 0.871. The summed E-state index contributed by atoms with van der Waals surface area (Å²) in [5.41, 5.74) is 7.08. The maximum absolute atomic E-state index is 8.76. The average Bonchev–Trinajstić information content (AvgIpc) is 2.32. The van der Waals surface area contributed by atoms with Crippen LogP contribution < -0.4 is 5.73 Å². The number of anilines is 1. The molecule has 1 heterocycles. The lowest BCUT2D eigenvalue weighted by atomic mass is 9.91. The molecule has 2 N–H and O–H groups in total. The van der Waals surface area contributed by atoms with E-state index in [1.807, 2.05) is 0 Å². The van der Waals surface area contributed by atoms with Crippen molar-refractivity contribution in [1.82, 2.24) is 4.98 Å². The monoisotopic (exact) mass is 247 g/mol. The summed E-state index contributed by atoms with van der Waals surface area (Å²) in [6.45, 7) is 2.31. The zero-order chi connectivity index (χ0) is 12.3. The predicted octanol–water partition coefficient (Wildman–Crippen LogP) is 3.21. The predicted molar refractivity (Wildman–Crippen MR) is 70.6 cm³/mol. The molecular weight excluding hydrogens is 230 g/mol. The van der Waals surface area contributed by atoms with Crippen LogP contribution in [0.25, 0.3) is 0 Å². The van der Waals surface area contributed by atoms with Crippen LogP contribution in [0.4, 0.5) is 5.69 Å². The van der Waals surface area contributed by atoms with Crippen LogP contribution >= 0.6 is 11.8 Å². The molecule has 0 bridgehead atoms. The fourth-order valence-electron chi connectivity index (χ4n) is 2.27. The molecule has 0 aromatic carbocycles. The highest BCUT2D eigenvalue weighted by Crippen LogP contribution is 2.37. The first-order chi connectivity index (χ1) is 8.19. The van der Waals surface area contributed by atoms with E-state index in [0.717, 1.165) is 10.9 Å². The number of nitrogens with two attached hydrogens (primary N) is 1. The molecule has 0 saturated heterocycles. The summed E-state index contributed by atoms with van der Waals surface area (Å²) in [7, 11) is 0. The van der Waals surface area contributed by atoms with Gasteiger partial charge in [-0.3, -0.25) is 0 Å². The normalized spacial score (nSPS) is 24.2. The van der Waals surface area contributed by atoms with Gasteiger partial charge in [-0.05, 0) is 24.8 Å². The van der Waals surface area contributed by atoms with Crippen molar-refractivity contribution in [2.45, 2.75) is 42.9 Å². The Balaban J connectivity index is 2.06. The zero-order valence-corrected chi connectivity index (χ0v) is 10.8. The van der Waals surface area contributed by atoms with Crippen LogP contribution in [0.15, 0.2) is 17.3 Å². The summed E-state index contributed by atoms with van der Waals surface area (Å²) < 4.78 is 0. The Morgan fingerprint density at radius 3 is 3.00 bits per heavy atom. The Bertz CT molecular complexity index is 439. The van der Waals surface area contributed by atoms with Gasteiger partial charge in [0.25, 0.3) is 0 Å². The first-order valence-corrected chi connectivity index (χ1v) is 6.89. The Hall–Kier alpha value is -1.21. The van der Waals surface area contributed by atoms with E-state index >= 15 is 0 Å². The van der Waals surface area contributed by atoms with Gasteiger partial charge in [0.05, 0.1) is 11.3 Å².